The third kappa shape index (κ3) is 4.02. The second-order valence-corrected chi connectivity index (χ2v) is 7.32. The van der Waals surface area contributed by atoms with Crippen LogP contribution in [0.4, 0.5) is 5.13 Å². The largest absolute Gasteiger partial charge is 0.301 e. The number of benzene rings is 1. The second kappa shape index (κ2) is 6.85. The summed E-state index contributed by atoms with van der Waals surface area (Å²) in [5.74, 6) is 0.0371. The number of likely N-dealkylation sites (tertiary alicyclic amines) is 1. The van der Waals surface area contributed by atoms with Gasteiger partial charge in [0.2, 0.25) is 5.91 Å². The van der Waals surface area contributed by atoms with Crippen LogP contribution in [0.25, 0.3) is 10.2 Å². The van der Waals surface area contributed by atoms with Gasteiger partial charge in [-0.25, -0.2) is 4.98 Å². The van der Waals surface area contributed by atoms with Crippen LogP contribution < -0.4 is 5.32 Å². The Kier molecular flexibility index (Phi) is 4.87. The molecule has 112 valence electrons. The van der Waals surface area contributed by atoms with Gasteiger partial charge in [-0.2, -0.15) is 0 Å². The van der Waals surface area contributed by atoms with Crippen LogP contribution in [0, 0.1) is 0 Å². The molecule has 0 saturated carbocycles. The van der Waals surface area contributed by atoms with E-state index in [-0.39, 0.29) is 5.91 Å². The van der Waals surface area contributed by atoms with Crippen LogP contribution in [-0.2, 0) is 4.79 Å². The Balaban J connectivity index is 1.62. The number of aromatic nitrogens is 1. The topological polar surface area (TPSA) is 45.2 Å². The zero-order valence-electron chi connectivity index (χ0n) is 11.8. The Hall–Kier alpha value is -0.980. The quantitative estimate of drug-likeness (QED) is 0.895. The average molecular weight is 368 g/mol. The molecule has 3 rings (SSSR count). The maximum Gasteiger partial charge on any atom is 0.240 e. The molecule has 0 aliphatic carbocycles. The molecule has 1 aromatic carbocycles. The van der Waals surface area contributed by atoms with Crippen LogP contribution in [0.15, 0.2) is 22.7 Å². The van der Waals surface area contributed by atoms with Crippen LogP contribution in [0.3, 0.4) is 0 Å². The maximum absolute atomic E-state index is 12.1. The Morgan fingerprint density at radius 1 is 1.29 bits per heavy atom. The fraction of sp³-hybridized carbons (Fsp3) is 0.467. The highest BCUT2D eigenvalue weighted by Crippen LogP contribution is 2.28. The summed E-state index contributed by atoms with van der Waals surface area (Å²) in [7, 11) is 0. The first-order valence-corrected chi connectivity index (χ1v) is 8.90. The number of fused-ring (bicyclic) bond motifs is 1. The molecule has 6 heteroatoms. The monoisotopic (exact) mass is 367 g/mol. The molecular weight excluding hydrogens is 350 g/mol. The minimum absolute atomic E-state index is 0.0371. The molecule has 0 spiro atoms. The predicted molar refractivity (Wildman–Crippen MR) is 90.9 cm³/mol. The minimum Gasteiger partial charge on any atom is -0.301 e. The summed E-state index contributed by atoms with van der Waals surface area (Å²) in [6.07, 6.45) is 4.96. The lowest BCUT2D eigenvalue weighted by molar-refractivity contribution is -0.117. The standard InChI is InChI=1S/C15H18BrN3OS/c16-11-5-6-12-13(9-11)21-15(17-12)18-14(20)10-19-7-3-1-2-4-8-19/h5-6,9H,1-4,7-8,10H2,(H,17,18,20). The Morgan fingerprint density at radius 3 is 2.81 bits per heavy atom. The third-order valence-electron chi connectivity index (χ3n) is 3.66. The van der Waals surface area contributed by atoms with Gasteiger partial charge in [0.15, 0.2) is 5.13 Å². The molecule has 4 nitrogen and oxygen atoms in total. The molecule has 1 saturated heterocycles. The van der Waals surface area contributed by atoms with E-state index in [1.807, 2.05) is 18.2 Å². The van der Waals surface area contributed by atoms with Gasteiger partial charge in [-0.15, -0.1) is 0 Å². The van der Waals surface area contributed by atoms with Crippen LogP contribution >= 0.6 is 27.3 Å². The van der Waals surface area contributed by atoms with Crippen molar-refractivity contribution in [2.45, 2.75) is 25.7 Å². The van der Waals surface area contributed by atoms with Gasteiger partial charge in [-0.3, -0.25) is 9.69 Å². The van der Waals surface area contributed by atoms with Crippen LogP contribution in [0.1, 0.15) is 25.7 Å². The van der Waals surface area contributed by atoms with E-state index >= 15 is 0 Å². The number of thiazole rings is 1. The van der Waals surface area contributed by atoms with Crippen molar-refractivity contribution in [3.63, 3.8) is 0 Å². The van der Waals surface area contributed by atoms with Crippen molar-refractivity contribution < 1.29 is 4.79 Å². The van der Waals surface area contributed by atoms with Crippen molar-refractivity contribution in [2.75, 3.05) is 25.0 Å². The first-order chi connectivity index (χ1) is 10.2. The van der Waals surface area contributed by atoms with Gasteiger partial charge in [-0.05, 0) is 44.1 Å². The highest BCUT2D eigenvalue weighted by molar-refractivity contribution is 9.10. The fourth-order valence-corrected chi connectivity index (χ4v) is 4.04. The summed E-state index contributed by atoms with van der Waals surface area (Å²) in [6, 6.07) is 5.95. The molecule has 0 radical (unpaired) electrons. The summed E-state index contributed by atoms with van der Waals surface area (Å²) < 4.78 is 2.11. The number of amides is 1. The van der Waals surface area contributed by atoms with E-state index in [2.05, 4.69) is 31.1 Å². The van der Waals surface area contributed by atoms with Crippen molar-refractivity contribution in [1.82, 2.24) is 9.88 Å². The minimum atomic E-state index is 0.0371. The lowest BCUT2D eigenvalue weighted by atomic mass is 10.2. The molecular formula is C15H18BrN3OS. The first-order valence-electron chi connectivity index (χ1n) is 7.29. The van der Waals surface area contributed by atoms with Crippen molar-refractivity contribution in [3.05, 3.63) is 22.7 Å². The summed E-state index contributed by atoms with van der Waals surface area (Å²) in [6.45, 7) is 2.53. The van der Waals surface area contributed by atoms with E-state index in [4.69, 9.17) is 0 Å². The van der Waals surface area contributed by atoms with Gasteiger partial charge in [-0.1, -0.05) is 40.1 Å². The highest BCUT2D eigenvalue weighted by atomic mass is 79.9. The van der Waals surface area contributed by atoms with Gasteiger partial charge in [0, 0.05) is 4.47 Å². The van der Waals surface area contributed by atoms with Crippen LogP contribution in [0.5, 0.6) is 0 Å². The predicted octanol–water partition coefficient (Wildman–Crippen LogP) is 3.87. The van der Waals surface area contributed by atoms with E-state index < -0.39 is 0 Å². The van der Waals surface area contributed by atoms with Crippen LogP contribution in [0.2, 0.25) is 0 Å². The smallest absolute Gasteiger partial charge is 0.240 e. The van der Waals surface area contributed by atoms with Crippen molar-refractivity contribution in [2.24, 2.45) is 0 Å². The molecule has 21 heavy (non-hydrogen) atoms. The molecule has 1 aliphatic rings. The van der Waals surface area contributed by atoms with E-state index in [9.17, 15) is 4.79 Å². The zero-order valence-corrected chi connectivity index (χ0v) is 14.2. The lowest BCUT2D eigenvalue weighted by Crippen LogP contribution is -2.33. The van der Waals surface area contributed by atoms with Gasteiger partial charge in [0.05, 0.1) is 16.8 Å². The highest BCUT2D eigenvalue weighted by Gasteiger charge is 2.14. The number of anilines is 1. The van der Waals surface area contributed by atoms with Gasteiger partial charge >= 0.3 is 0 Å². The molecule has 1 fully saturated rings. The van der Waals surface area contributed by atoms with Gasteiger partial charge in [0.1, 0.15) is 0 Å². The van der Waals surface area contributed by atoms with E-state index in [1.54, 1.807) is 0 Å². The normalized spacial score (nSPS) is 16.8. The first kappa shape index (κ1) is 14.9. The molecule has 2 heterocycles. The number of carbonyl (C=O) groups is 1. The molecule has 1 N–H and O–H groups in total. The van der Waals surface area contributed by atoms with E-state index in [1.165, 1.54) is 37.0 Å². The number of rotatable bonds is 3. The average Bonchev–Trinajstić information content (AvgIpc) is 2.66. The molecule has 0 bridgehead atoms. The summed E-state index contributed by atoms with van der Waals surface area (Å²) in [5, 5.41) is 3.61. The summed E-state index contributed by atoms with van der Waals surface area (Å²) in [4.78, 5) is 18.8. The van der Waals surface area contributed by atoms with Crippen molar-refractivity contribution in [1.29, 1.82) is 0 Å². The molecule has 2 aromatic rings. The third-order valence-corrected chi connectivity index (χ3v) is 5.09. The SMILES string of the molecule is O=C(CN1CCCCCC1)Nc1nc2ccc(Br)cc2s1. The fourth-order valence-electron chi connectivity index (χ4n) is 2.61. The number of nitrogens with one attached hydrogen (secondary N) is 1. The molecule has 1 amide bonds. The molecule has 1 aromatic heterocycles. The number of hydrogen-bond acceptors (Lipinski definition) is 4. The summed E-state index contributed by atoms with van der Waals surface area (Å²) in [5.41, 5.74) is 0.924. The Labute approximate surface area is 136 Å². The number of nitrogens with zero attached hydrogens (tertiary/aromatic N) is 2. The summed E-state index contributed by atoms with van der Waals surface area (Å²) >= 11 is 4.96. The zero-order chi connectivity index (χ0) is 14.7. The van der Waals surface area contributed by atoms with E-state index in [0.717, 1.165) is 27.8 Å². The molecule has 0 unspecified atom stereocenters. The lowest BCUT2D eigenvalue weighted by Gasteiger charge is -2.18. The van der Waals surface area contributed by atoms with Crippen molar-refractivity contribution in [3.8, 4) is 0 Å². The molecule has 0 atom stereocenters. The Morgan fingerprint density at radius 2 is 2.05 bits per heavy atom. The number of halogens is 1. The Bertz CT molecular complexity index is 635. The number of hydrogen-bond donors (Lipinski definition) is 1. The maximum atomic E-state index is 12.1. The van der Waals surface area contributed by atoms with Gasteiger partial charge < -0.3 is 5.32 Å². The molecule has 1 aliphatic heterocycles. The van der Waals surface area contributed by atoms with Crippen LogP contribution in [-0.4, -0.2) is 35.4 Å². The second-order valence-electron chi connectivity index (χ2n) is 5.37. The van der Waals surface area contributed by atoms with E-state index in [0.29, 0.717) is 11.7 Å². The van der Waals surface area contributed by atoms with Gasteiger partial charge in [0.25, 0.3) is 0 Å². The van der Waals surface area contributed by atoms with Crippen molar-refractivity contribution >= 4 is 48.5 Å². The number of carbonyl (C=O) groups excluding carboxylic acids is 1.